The third-order valence-electron chi connectivity index (χ3n) is 1.36. The number of hydrogen-bond donors (Lipinski definition) is 1. The maximum atomic E-state index is 10.9. The van der Waals surface area contributed by atoms with Gasteiger partial charge in [-0.05, 0) is 11.4 Å². The molecule has 16 heavy (non-hydrogen) atoms. The van der Waals surface area contributed by atoms with Crippen molar-refractivity contribution in [3.63, 3.8) is 0 Å². The third kappa shape index (κ3) is 3.48. The molecule has 0 unspecified atom stereocenters. The van der Waals surface area contributed by atoms with Crippen LogP contribution in [0.1, 0.15) is 4.88 Å². The zero-order chi connectivity index (χ0) is 12.1. The number of carbonyl (C=O) groups excluding carboxylic acids is 1. The van der Waals surface area contributed by atoms with Gasteiger partial charge in [-0.25, -0.2) is 9.59 Å². The van der Waals surface area contributed by atoms with E-state index in [-0.39, 0.29) is 5.71 Å². The van der Waals surface area contributed by atoms with Crippen LogP contribution in [0.5, 0.6) is 0 Å². The van der Waals surface area contributed by atoms with Gasteiger partial charge in [-0.1, -0.05) is 34.4 Å². The van der Waals surface area contributed by atoms with Crippen molar-refractivity contribution in [2.75, 3.05) is 0 Å². The topological polar surface area (TPSA) is 76.0 Å². The first kappa shape index (κ1) is 13.0. The molecule has 5 nitrogen and oxygen atoms in total. The number of halogens is 2. The summed E-state index contributed by atoms with van der Waals surface area (Å²) in [7, 11) is 0. The Morgan fingerprint density at radius 2 is 2.19 bits per heavy atom. The van der Waals surface area contributed by atoms with Gasteiger partial charge in [-0.3, -0.25) is 0 Å². The SMILES string of the molecule is O=C(O)C(=NOC(=O)C(Cl)Cl)c1cccs1. The van der Waals surface area contributed by atoms with Gasteiger partial charge >= 0.3 is 11.9 Å². The van der Waals surface area contributed by atoms with Crippen molar-refractivity contribution in [3.8, 4) is 0 Å². The second-order valence-electron chi connectivity index (χ2n) is 2.43. The van der Waals surface area contributed by atoms with E-state index in [0.29, 0.717) is 4.88 Å². The fourth-order valence-electron chi connectivity index (χ4n) is 0.733. The summed E-state index contributed by atoms with van der Waals surface area (Å²) >= 11 is 11.5. The predicted molar refractivity (Wildman–Crippen MR) is 60.1 cm³/mol. The Morgan fingerprint density at radius 3 is 2.62 bits per heavy atom. The van der Waals surface area contributed by atoms with Gasteiger partial charge in [0.15, 0.2) is 0 Å². The van der Waals surface area contributed by atoms with Crippen LogP contribution in [0, 0.1) is 0 Å². The Balaban J connectivity index is 2.84. The highest BCUT2D eigenvalue weighted by atomic mass is 35.5. The van der Waals surface area contributed by atoms with E-state index in [1.165, 1.54) is 6.07 Å². The number of alkyl halides is 2. The highest BCUT2D eigenvalue weighted by molar-refractivity contribution is 7.13. The van der Waals surface area contributed by atoms with Gasteiger partial charge < -0.3 is 9.94 Å². The van der Waals surface area contributed by atoms with Crippen molar-refractivity contribution < 1.29 is 19.5 Å². The van der Waals surface area contributed by atoms with E-state index in [1.807, 2.05) is 0 Å². The lowest BCUT2D eigenvalue weighted by Crippen LogP contribution is -2.16. The molecule has 1 rings (SSSR count). The van der Waals surface area contributed by atoms with Gasteiger partial charge in [0.2, 0.25) is 10.5 Å². The zero-order valence-corrected chi connectivity index (χ0v) is 9.92. The number of oxime groups is 1. The van der Waals surface area contributed by atoms with Crippen molar-refractivity contribution in [1.82, 2.24) is 0 Å². The van der Waals surface area contributed by atoms with E-state index >= 15 is 0 Å². The summed E-state index contributed by atoms with van der Waals surface area (Å²) < 4.78 is 0. The summed E-state index contributed by atoms with van der Waals surface area (Å²) in [6, 6.07) is 3.18. The van der Waals surface area contributed by atoms with Crippen LogP contribution >= 0.6 is 34.5 Å². The van der Waals surface area contributed by atoms with E-state index in [4.69, 9.17) is 28.3 Å². The van der Waals surface area contributed by atoms with Crippen molar-refractivity contribution in [2.24, 2.45) is 5.16 Å². The number of rotatable bonds is 4. The molecule has 1 aromatic rings. The first-order valence-corrected chi connectivity index (χ1v) is 5.61. The second-order valence-corrected chi connectivity index (χ2v) is 4.48. The number of aliphatic carboxylic acids is 1. The van der Waals surface area contributed by atoms with Gasteiger partial charge in [-0.15, -0.1) is 11.3 Å². The summed E-state index contributed by atoms with van der Waals surface area (Å²) in [5.74, 6) is -2.34. The summed E-state index contributed by atoms with van der Waals surface area (Å²) in [4.78, 5) is 24.9. The molecule has 0 saturated carbocycles. The van der Waals surface area contributed by atoms with Gasteiger partial charge in [0, 0.05) is 0 Å². The lowest BCUT2D eigenvalue weighted by molar-refractivity contribution is -0.141. The Morgan fingerprint density at radius 1 is 1.50 bits per heavy atom. The molecular formula is C8H5Cl2NO4S. The molecule has 0 aliphatic carbocycles. The molecule has 0 atom stereocenters. The van der Waals surface area contributed by atoms with Gasteiger partial charge in [0.25, 0.3) is 0 Å². The number of carboxylic acid groups (broad SMARTS) is 1. The quantitative estimate of drug-likeness (QED) is 0.396. The highest BCUT2D eigenvalue weighted by Crippen LogP contribution is 2.11. The Kier molecular flexibility index (Phi) is 4.72. The Labute approximate surface area is 104 Å². The van der Waals surface area contributed by atoms with Crippen molar-refractivity contribution >= 4 is 52.2 Å². The molecule has 0 saturated heterocycles. The van der Waals surface area contributed by atoms with E-state index in [9.17, 15) is 9.59 Å². The average molecular weight is 282 g/mol. The number of hydrogen-bond acceptors (Lipinski definition) is 5. The van der Waals surface area contributed by atoms with Crippen molar-refractivity contribution in [3.05, 3.63) is 22.4 Å². The first-order chi connectivity index (χ1) is 7.52. The zero-order valence-electron chi connectivity index (χ0n) is 7.59. The standard InChI is InChI=1S/C8H5Cl2NO4S/c9-6(10)8(14)15-11-5(7(12)13)4-2-1-3-16-4/h1-3,6H,(H,12,13). The number of carboxylic acids is 1. The maximum Gasteiger partial charge on any atom is 0.367 e. The van der Waals surface area contributed by atoms with Crippen LogP contribution in [0.3, 0.4) is 0 Å². The molecule has 0 spiro atoms. The smallest absolute Gasteiger partial charge is 0.367 e. The van der Waals surface area contributed by atoms with Crippen LogP contribution in [0.2, 0.25) is 0 Å². The van der Waals surface area contributed by atoms with E-state index < -0.39 is 16.8 Å². The van der Waals surface area contributed by atoms with Gasteiger partial charge in [0.1, 0.15) is 0 Å². The minimum atomic E-state index is -1.40. The highest BCUT2D eigenvalue weighted by Gasteiger charge is 2.18. The van der Waals surface area contributed by atoms with Crippen LogP contribution in [-0.4, -0.2) is 27.6 Å². The lowest BCUT2D eigenvalue weighted by Gasteiger charge is -1.99. The fraction of sp³-hybridized carbons (Fsp3) is 0.125. The summed E-state index contributed by atoms with van der Waals surface area (Å²) in [5, 5.41) is 13.7. The number of nitrogens with zero attached hydrogens (tertiary/aromatic N) is 1. The molecule has 1 heterocycles. The van der Waals surface area contributed by atoms with Crippen molar-refractivity contribution in [2.45, 2.75) is 4.84 Å². The monoisotopic (exact) mass is 281 g/mol. The molecule has 0 aliphatic rings. The summed E-state index contributed by atoms with van der Waals surface area (Å²) in [6.45, 7) is 0. The van der Waals surface area contributed by atoms with E-state index in [2.05, 4.69) is 9.99 Å². The van der Waals surface area contributed by atoms with E-state index in [1.54, 1.807) is 11.4 Å². The van der Waals surface area contributed by atoms with Crippen LogP contribution in [0.4, 0.5) is 0 Å². The molecular weight excluding hydrogens is 277 g/mol. The minimum Gasteiger partial charge on any atom is -0.476 e. The lowest BCUT2D eigenvalue weighted by atomic mass is 10.3. The molecule has 1 N–H and O–H groups in total. The van der Waals surface area contributed by atoms with Crippen LogP contribution in [0.25, 0.3) is 0 Å². The number of thiophene rings is 1. The van der Waals surface area contributed by atoms with Crippen LogP contribution in [0.15, 0.2) is 22.7 Å². The van der Waals surface area contributed by atoms with Crippen LogP contribution < -0.4 is 0 Å². The molecule has 0 amide bonds. The molecule has 1 aromatic heterocycles. The third-order valence-corrected chi connectivity index (χ3v) is 2.60. The maximum absolute atomic E-state index is 10.9. The normalized spacial score (nSPS) is 11.6. The van der Waals surface area contributed by atoms with Gasteiger partial charge in [0.05, 0.1) is 4.88 Å². The molecule has 0 aromatic carbocycles. The first-order valence-electron chi connectivity index (χ1n) is 3.86. The minimum absolute atomic E-state index is 0.362. The van der Waals surface area contributed by atoms with E-state index in [0.717, 1.165) is 11.3 Å². The fourth-order valence-corrected chi connectivity index (χ4v) is 1.51. The largest absolute Gasteiger partial charge is 0.476 e. The predicted octanol–water partition coefficient (Wildman–Crippen LogP) is 1.88. The Bertz CT molecular complexity index is 416. The average Bonchev–Trinajstić information content (AvgIpc) is 2.70. The Hall–Kier alpha value is -1.11. The molecule has 0 fully saturated rings. The summed E-state index contributed by atoms with van der Waals surface area (Å²) in [6.07, 6.45) is 0. The molecule has 0 aliphatic heterocycles. The summed E-state index contributed by atoms with van der Waals surface area (Å²) in [5.41, 5.74) is -0.377. The molecule has 86 valence electrons. The number of carbonyl (C=O) groups is 2. The molecule has 8 heteroatoms. The molecule has 0 bridgehead atoms. The van der Waals surface area contributed by atoms with Crippen molar-refractivity contribution in [1.29, 1.82) is 0 Å². The second kappa shape index (κ2) is 5.83. The van der Waals surface area contributed by atoms with Gasteiger partial charge in [-0.2, -0.15) is 0 Å². The van der Waals surface area contributed by atoms with Crippen LogP contribution in [-0.2, 0) is 14.4 Å². The molecule has 0 radical (unpaired) electrons.